The molecule has 1 aliphatic rings. The fraction of sp³-hybridized carbons (Fsp3) is 0.250. The summed E-state index contributed by atoms with van der Waals surface area (Å²) in [6.07, 6.45) is 6.97. The van der Waals surface area contributed by atoms with Gasteiger partial charge in [-0.15, -0.1) is 5.10 Å². The van der Waals surface area contributed by atoms with E-state index in [2.05, 4.69) is 15.4 Å². The molecular weight excluding hydrogens is 386 g/mol. The van der Waals surface area contributed by atoms with Crippen LogP contribution in [0.3, 0.4) is 0 Å². The van der Waals surface area contributed by atoms with Gasteiger partial charge in [-0.05, 0) is 37.1 Å². The first-order valence-corrected chi connectivity index (χ1v) is 9.69. The van der Waals surface area contributed by atoms with Gasteiger partial charge in [-0.3, -0.25) is 0 Å². The Labute approximate surface area is 171 Å². The molecular formula is C20H21N7O3. The number of para-hydroxylation sites is 1. The highest BCUT2D eigenvalue weighted by molar-refractivity contribution is 5.73. The number of aromatic hydroxyl groups is 2. The summed E-state index contributed by atoms with van der Waals surface area (Å²) < 4.78 is 3.35. The molecule has 154 valence electrons. The minimum absolute atomic E-state index is 0.0128. The molecule has 4 aromatic rings. The molecule has 4 heterocycles. The van der Waals surface area contributed by atoms with Crippen molar-refractivity contribution in [1.82, 2.24) is 24.1 Å². The number of hydrogen-bond donors (Lipinski definition) is 4. The average Bonchev–Trinajstić information content (AvgIpc) is 3.50. The number of nitrogens with one attached hydrogen (secondary N) is 1. The van der Waals surface area contributed by atoms with Crippen LogP contribution in [0.1, 0.15) is 12.8 Å². The van der Waals surface area contributed by atoms with Crippen molar-refractivity contribution < 1.29 is 15.3 Å². The van der Waals surface area contributed by atoms with Crippen LogP contribution < -0.4 is 10.2 Å². The molecule has 0 spiro atoms. The topological polar surface area (TPSA) is 124 Å². The molecule has 0 saturated carbocycles. The van der Waals surface area contributed by atoms with E-state index in [1.165, 1.54) is 12.4 Å². The van der Waals surface area contributed by atoms with Crippen LogP contribution in [0.5, 0.6) is 11.5 Å². The second-order valence-corrected chi connectivity index (χ2v) is 7.21. The molecule has 1 fully saturated rings. The molecule has 0 bridgehead atoms. The van der Waals surface area contributed by atoms with Crippen molar-refractivity contribution in [3.8, 4) is 17.2 Å². The Morgan fingerprint density at radius 1 is 1.17 bits per heavy atom. The van der Waals surface area contributed by atoms with Gasteiger partial charge in [0.2, 0.25) is 5.95 Å². The van der Waals surface area contributed by atoms with Crippen LogP contribution in [0.4, 0.5) is 17.6 Å². The number of phenols is 2. The van der Waals surface area contributed by atoms with Gasteiger partial charge in [-0.2, -0.15) is 4.98 Å². The maximum absolute atomic E-state index is 10.1. The molecule has 5 rings (SSSR count). The van der Waals surface area contributed by atoms with Crippen LogP contribution in [-0.4, -0.2) is 58.7 Å². The molecule has 1 aliphatic heterocycles. The third-order valence-electron chi connectivity index (χ3n) is 5.33. The van der Waals surface area contributed by atoms with Crippen LogP contribution in [-0.2, 0) is 0 Å². The number of benzene rings is 1. The molecule has 0 radical (unpaired) electrons. The smallest absolute Gasteiger partial charge is 0.245 e. The molecule has 0 amide bonds. The SMILES string of the molecule is OC[C@@H]1CCCN1c1nc(Nc2cn(-c3cccc(O)c3O)cn2)c2cccn2n1. The zero-order valence-electron chi connectivity index (χ0n) is 16.0. The average molecular weight is 407 g/mol. The van der Waals surface area contributed by atoms with E-state index in [4.69, 9.17) is 4.98 Å². The van der Waals surface area contributed by atoms with Gasteiger partial charge >= 0.3 is 0 Å². The summed E-state index contributed by atoms with van der Waals surface area (Å²) in [5.74, 6) is 1.23. The van der Waals surface area contributed by atoms with E-state index in [1.807, 2.05) is 23.2 Å². The second kappa shape index (κ2) is 7.23. The number of imidazole rings is 1. The lowest BCUT2D eigenvalue weighted by atomic mass is 10.2. The quantitative estimate of drug-likeness (QED) is 0.371. The van der Waals surface area contributed by atoms with Gasteiger partial charge < -0.3 is 30.1 Å². The Morgan fingerprint density at radius 3 is 2.93 bits per heavy atom. The largest absolute Gasteiger partial charge is 0.504 e. The third-order valence-corrected chi connectivity index (χ3v) is 5.33. The molecule has 1 saturated heterocycles. The third kappa shape index (κ3) is 3.07. The van der Waals surface area contributed by atoms with Crippen molar-refractivity contribution in [3.05, 3.63) is 49.1 Å². The minimum Gasteiger partial charge on any atom is -0.504 e. The van der Waals surface area contributed by atoms with Gasteiger partial charge in [0.25, 0.3) is 0 Å². The van der Waals surface area contributed by atoms with Gasteiger partial charge in [-0.25, -0.2) is 9.50 Å². The zero-order valence-corrected chi connectivity index (χ0v) is 16.0. The number of aliphatic hydroxyl groups excluding tert-OH is 1. The summed E-state index contributed by atoms with van der Waals surface area (Å²) in [6.45, 7) is 0.858. The van der Waals surface area contributed by atoms with E-state index in [0.29, 0.717) is 23.3 Å². The molecule has 30 heavy (non-hydrogen) atoms. The molecule has 10 nitrogen and oxygen atoms in total. The molecule has 1 aromatic carbocycles. The fourth-order valence-corrected chi connectivity index (χ4v) is 3.79. The predicted molar refractivity (Wildman–Crippen MR) is 111 cm³/mol. The van der Waals surface area contributed by atoms with Crippen molar-refractivity contribution in [2.24, 2.45) is 0 Å². The normalized spacial score (nSPS) is 16.4. The van der Waals surface area contributed by atoms with E-state index in [0.717, 1.165) is 24.9 Å². The van der Waals surface area contributed by atoms with E-state index in [-0.39, 0.29) is 24.1 Å². The molecule has 4 N–H and O–H groups in total. The number of hydrogen-bond acceptors (Lipinski definition) is 8. The molecule has 0 aliphatic carbocycles. The van der Waals surface area contributed by atoms with E-state index in [9.17, 15) is 15.3 Å². The maximum atomic E-state index is 10.1. The lowest BCUT2D eigenvalue weighted by Gasteiger charge is -2.23. The minimum atomic E-state index is -0.219. The van der Waals surface area contributed by atoms with Crippen molar-refractivity contribution in [2.75, 3.05) is 23.4 Å². The van der Waals surface area contributed by atoms with Crippen LogP contribution in [0, 0.1) is 0 Å². The van der Waals surface area contributed by atoms with E-state index < -0.39 is 0 Å². The monoisotopic (exact) mass is 407 g/mol. The lowest BCUT2D eigenvalue weighted by molar-refractivity contribution is 0.265. The molecule has 1 atom stereocenters. The number of aliphatic hydroxyl groups is 1. The standard InChI is InChI=1S/C20H21N7O3/c28-11-13-4-2-8-26(13)20-23-19(15-6-3-9-27(15)24-20)22-17-10-25(12-21-17)14-5-1-7-16(29)18(14)30/h1,3,5-7,9-10,12-13,28-30H,2,4,8,11H2,(H,22,23,24)/t13-/m0/s1. The van der Waals surface area contributed by atoms with Gasteiger partial charge in [0, 0.05) is 12.7 Å². The van der Waals surface area contributed by atoms with Crippen molar-refractivity contribution in [1.29, 1.82) is 0 Å². The molecule has 10 heteroatoms. The first-order valence-electron chi connectivity index (χ1n) is 9.69. The van der Waals surface area contributed by atoms with Gasteiger partial charge in [0.05, 0.1) is 24.5 Å². The highest BCUT2D eigenvalue weighted by Crippen LogP contribution is 2.32. The summed E-state index contributed by atoms with van der Waals surface area (Å²) in [5, 5.41) is 37.3. The van der Waals surface area contributed by atoms with E-state index >= 15 is 0 Å². The van der Waals surface area contributed by atoms with Crippen LogP contribution in [0.2, 0.25) is 0 Å². The number of aromatic nitrogens is 5. The first kappa shape index (κ1) is 18.3. The van der Waals surface area contributed by atoms with Crippen molar-refractivity contribution in [3.63, 3.8) is 0 Å². The fourth-order valence-electron chi connectivity index (χ4n) is 3.79. The van der Waals surface area contributed by atoms with Crippen LogP contribution >= 0.6 is 0 Å². The Kier molecular flexibility index (Phi) is 4.40. The number of nitrogens with zero attached hydrogens (tertiary/aromatic N) is 6. The molecule has 3 aromatic heterocycles. The van der Waals surface area contributed by atoms with Crippen molar-refractivity contribution in [2.45, 2.75) is 18.9 Å². The summed E-state index contributed by atoms with van der Waals surface area (Å²) >= 11 is 0. The van der Waals surface area contributed by atoms with Crippen LogP contribution in [0.15, 0.2) is 49.1 Å². The lowest BCUT2D eigenvalue weighted by Crippen LogP contribution is -2.34. The number of phenolic OH excluding ortho intramolecular Hbond substituents is 2. The Balaban J connectivity index is 1.49. The first-order chi connectivity index (χ1) is 14.6. The number of anilines is 3. The maximum Gasteiger partial charge on any atom is 0.245 e. The summed E-state index contributed by atoms with van der Waals surface area (Å²) in [6, 6.07) is 8.54. The summed E-state index contributed by atoms with van der Waals surface area (Å²) in [5.41, 5.74) is 1.20. The molecule has 0 unspecified atom stereocenters. The zero-order chi connectivity index (χ0) is 20.7. The Morgan fingerprint density at radius 2 is 2.07 bits per heavy atom. The second-order valence-electron chi connectivity index (χ2n) is 7.21. The Bertz CT molecular complexity index is 1200. The highest BCUT2D eigenvalue weighted by atomic mass is 16.3. The predicted octanol–water partition coefficient (Wildman–Crippen LogP) is 2.03. The number of rotatable bonds is 5. The van der Waals surface area contributed by atoms with Gasteiger partial charge in [0.15, 0.2) is 17.3 Å². The highest BCUT2D eigenvalue weighted by Gasteiger charge is 2.27. The van der Waals surface area contributed by atoms with Crippen LogP contribution in [0.25, 0.3) is 11.2 Å². The summed E-state index contributed by atoms with van der Waals surface area (Å²) in [4.78, 5) is 11.1. The van der Waals surface area contributed by atoms with Crippen molar-refractivity contribution >= 4 is 23.1 Å². The number of fused-ring (bicyclic) bond motifs is 1. The van der Waals surface area contributed by atoms with E-state index in [1.54, 1.807) is 27.4 Å². The summed E-state index contributed by atoms with van der Waals surface area (Å²) in [7, 11) is 0. The van der Waals surface area contributed by atoms with Gasteiger partial charge in [-0.1, -0.05) is 6.07 Å². The van der Waals surface area contributed by atoms with Gasteiger partial charge in [0.1, 0.15) is 17.7 Å². The Hall–Kier alpha value is -3.79.